The van der Waals surface area contributed by atoms with Gasteiger partial charge < -0.3 is 4.90 Å². The smallest absolute Gasteiger partial charge is 0.246 e. The van der Waals surface area contributed by atoms with E-state index in [0.717, 1.165) is 12.1 Å². The molecule has 0 saturated heterocycles. The maximum Gasteiger partial charge on any atom is 0.246 e. The van der Waals surface area contributed by atoms with E-state index in [2.05, 4.69) is 36.8 Å². The lowest BCUT2D eigenvalue weighted by atomic mass is 9.80. The molecule has 1 amide bonds. The Morgan fingerprint density at radius 2 is 2.29 bits per heavy atom. The van der Waals surface area contributed by atoms with Crippen molar-refractivity contribution in [3.63, 3.8) is 0 Å². The highest BCUT2D eigenvalue weighted by molar-refractivity contribution is 5.87. The molecule has 0 fully saturated rings. The largest absolute Gasteiger partial charge is 0.332 e. The molecule has 1 aromatic rings. The summed E-state index contributed by atoms with van der Waals surface area (Å²) in [6.45, 7) is 10.9. The van der Waals surface area contributed by atoms with Crippen LogP contribution in [0.3, 0.4) is 0 Å². The fourth-order valence-corrected chi connectivity index (χ4v) is 2.87. The van der Waals surface area contributed by atoms with E-state index in [9.17, 15) is 4.79 Å². The number of aromatic nitrogens is 2. The average Bonchev–Trinajstić information content (AvgIpc) is 2.86. The van der Waals surface area contributed by atoms with Crippen LogP contribution in [0.4, 0.5) is 0 Å². The zero-order chi connectivity index (χ0) is 15.4. The number of carbonyl (C=O) groups is 1. The van der Waals surface area contributed by atoms with E-state index >= 15 is 0 Å². The first-order valence-corrected chi connectivity index (χ1v) is 7.39. The molecule has 1 aliphatic rings. The van der Waals surface area contributed by atoms with Crippen LogP contribution in [0.25, 0.3) is 0 Å². The molecule has 0 N–H and O–H groups in total. The number of carbonyl (C=O) groups excluding carboxylic acids is 1. The molecule has 0 radical (unpaired) electrons. The zero-order valence-electron chi connectivity index (χ0n) is 13.0. The highest BCUT2D eigenvalue weighted by Gasteiger charge is 2.26. The summed E-state index contributed by atoms with van der Waals surface area (Å²) in [5.74, 6) is 0.887. The Balaban J connectivity index is 2.15. The number of hydrogen-bond acceptors (Lipinski definition) is 4. The molecular weight excluding hydrogens is 266 g/mol. The first-order chi connectivity index (χ1) is 10.0. The maximum absolute atomic E-state index is 12.1. The molecule has 5 heteroatoms. The molecule has 2 rings (SSSR count). The number of amides is 1. The Hall–Kier alpha value is -1.91. The van der Waals surface area contributed by atoms with E-state index < -0.39 is 0 Å². The van der Waals surface area contributed by atoms with E-state index in [1.807, 2.05) is 6.92 Å². The summed E-state index contributed by atoms with van der Waals surface area (Å²) >= 11 is 0. The van der Waals surface area contributed by atoms with Crippen LogP contribution in [0, 0.1) is 18.8 Å². The third-order valence-corrected chi connectivity index (χ3v) is 4.35. The topological polar surface area (TPSA) is 59.2 Å². The lowest BCUT2D eigenvalue weighted by Gasteiger charge is -2.33. The van der Waals surface area contributed by atoms with Crippen LogP contribution in [-0.4, -0.2) is 27.7 Å². The van der Waals surface area contributed by atoms with E-state index in [0.29, 0.717) is 30.6 Å². The molecule has 1 heterocycles. The highest BCUT2D eigenvalue weighted by atomic mass is 16.6. The van der Waals surface area contributed by atoms with Crippen molar-refractivity contribution >= 4 is 5.91 Å². The van der Waals surface area contributed by atoms with Gasteiger partial charge in [0.1, 0.15) is 11.4 Å². The van der Waals surface area contributed by atoms with Gasteiger partial charge in [-0.2, -0.15) is 0 Å². The number of rotatable bonds is 5. The van der Waals surface area contributed by atoms with E-state index in [1.54, 1.807) is 4.90 Å². The number of nitrogens with zero attached hydrogens (tertiary/aromatic N) is 3. The Morgan fingerprint density at radius 1 is 1.52 bits per heavy atom. The zero-order valence-corrected chi connectivity index (χ0v) is 13.0. The minimum Gasteiger partial charge on any atom is -0.332 e. The second-order valence-electron chi connectivity index (χ2n) is 5.83. The molecule has 1 aliphatic carbocycles. The van der Waals surface area contributed by atoms with Gasteiger partial charge in [-0.05, 0) is 44.6 Å². The summed E-state index contributed by atoms with van der Waals surface area (Å²) in [4.78, 5) is 13.9. The van der Waals surface area contributed by atoms with E-state index in [4.69, 9.17) is 4.63 Å². The summed E-state index contributed by atoms with van der Waals surface area (Å²) in [7, 11) is 0. The van der Waals surface area contributed by atoms with Crippen molar-refractivity contribution in [2.45, 2.75) is 40.2 Å². The van der Waals surface area contributed by atoms with Gasteiger partial charge in [0.2, 0.25) is 5.91 Å². The van der Waals surface area contributed by atoms with Crippen LogP contribution in [0.15, 0.2) is 28.9 Å². The van der Waals surface area contributed by atoms with Crippen LogP contribution < -0.4 is 0 Å². The summed E-state index contributed by atoms with van der Waals surface area (Å²) in [5.41, 5.74) is 2.79. The molecular formula is C16H23N3O2. The lowest BCUT2D eigenvalue weighted by molar-refractivity contribution is -0.127. The molecule has 0 aromatic carbocycles. The van der Waals surface area contributed by atoms with Crippen LogP contribution in [-0.2, 0) is 11.3 Å². The van der Waals surface area contributed by atoms with Crippen LogP contribution >= 0.6 is 0 Å². The van der Waals surface area contributed by atoms with Gasteiger partial charge in [0, 0.05) is 6.54 Å². The molecule has 2 unspecified atom stereocenters. The van der Waals surface area contributed by atoms with Crippen molar-refractivity contribution < 1.29 is 9.42 Å². The van der Waals surface area contributed by atoms with Crippen molar-refractivity contribution in [1.29, 1.82) is 0 Å². The van der Waals surface area contributed by atoms with Crippen LogP contribution in [0.2, 0.25) is 0 Å². The Morgan fingerprint density at radius 3 is 2.86 bits per heavy atom. The monoisotopic (exact) mass is 289 g/mol. The summed E-state index contributed by atoms with van der Waals surface area (Å²) < 4.78 is 4.72. The van der Waals surface area contributed by atoms with Crippen molar-refractivity contribution in [2.24, 2.45) is 11.8 Å². The van der Waals surface area contributed by atoms with E-state index in [-0.39, 0.29) is 5.91 Å². The normalized spacial score (nSPS) is 21.8. The second-order valence-corrected chi connectivity index (χ2v) is 5.83. The molecule has 114 valence electrons. The standard InChI is InChI=1S/C16H23N3O2/c1-5-16(20)19(10-15-13(4)17-21-18-15)9-14-11(2)7-6-8-12(14)3/h5,7,12,14H,1,6,8-10H2,2-4H3. The van der Waals surface area contributed by atoms with Gasteiger partial charge in [0.25, 0.3) is 0 Å². The maximum atomic E-state index is 12.1. The summed E-state index contributed by atoms with van der Waals surface area (Å²) in [6, 6.07) is 0. The minimum atomic E-state index is -0.0806. The van der Waals surface area contributed by atoms with Crippen molar-refractivity contribution in [3.05, 3.63) is 35.7 Å². The van der Waals surface area contributed by atoms with E-state index in [1.165, 1.54) is 18.1 Å². The molecule has 0 aliphatic heterocycles. The fraction of sp³-hybridized carbons (Fsp3) is 0.562. The van der Waals surface area contributed by atoms with Crippen molar-refractivity contribution in [1.82, 2.24) is 15.2 Å². The predicted octanol–water partition coefficient (Wildman–Crippen LogP) is 2.89. The van der Waals surface area contributed by atoms with Gasteiger partial charge in [-0.15, -0.1) is 0 Å². The number of hydrogen-bond donors (Lipinski definition) is 0. The van der Waals surface area contributed by atoms with Gasteiger partial charge in [-0.25, -0.2) is 4.63 Å². The van der Waals surface area contributed by atoms with Crippen molar-refractivity contribution in [3.8, 4) is 0 Å². The van der Waals surface area contributed by atoms with Crippen LogP contribution in [0.5, 0.6) is 0 Å². The number of allylic oxidation sites excluding steroid dienone is 1. The van der Waals surface area contributed by atoms with Gasteiger partial charge >= 0.3 is 0 Å². The highest BCUT2D eigenvalue weighted by Crippen LogP contribution is 2.31. The third-order valence-electron chi connectivity index (χ3n) is 4.35. The van der Waals surface area contributed by atoms with Crippen LogP contribution in [0.1, 0.15) is 38.1 Å². The van der Waals surface area contributed by atoms with Gasteiger partial charge in [0.05, 0.1) is 6.54 Å². The van der Waals surface area contributed by atoms with Gasteiger partial charge in [-0.1, -0.05) is 35.5 Å². The lowest BCUT2D eigenvalue weighted by Crippen LogP contribution is -2.37. The quantitative estimate of drug-likeness (QED) is 0.618. The summed E-state index contributed by atoms with van der Waals surface area (Å²) in [6.07, 6.45) is 5.94. The molecule has 1 aromatic heterocycles. The number of aryl methyl sites for hydroxylation is 1. The molecule has 21 heavy (non-hydrogen) atoms. The predicted molar refractivity (Wildman–Crippen MR) is 80.3 cm³/mol. The van der Waals surface area contributed by atoms with Gasteiger partial charge in [0.15, 0.2) is 0 Å². The molecule has 0 spiro atoms. The third kappa shape index (κ3) is 3.60. The summed E-state index contributed by atoms with van der Waals surface area (Å²) in [5, 5.41) is 7.64. The molecule has 5 nitrogen and oxygen atoms in total. The molecule has 0 bridgehead atoms. The fourth-order valence-electron chi connectivity index (χ4n) is 2.87. The Labute approximate surface area is 125 Å². The first kappa shape index (κ1) is 15.5. The van der Waals surface area contributed by atoms with Gasteiger partial charge in [-0.3, -0.25) is 4.79 Å². The Kier molecular flexibility index (Phi) is 4.94. The van der Waals surface area contributed by atoms with Crippen molar-refractivity contribution in [2.75, 3.05) is 6.54 Å². The Bertz CT molecular complexity index is 547. The molecule has 0 saturated carbocycles. The molecule has 2 atom stereocenters. The minimum absolute atomic E-state index is 0.0806. The second kappa shape index (κ2) is 6.70. The average molecular weight is 289 g/mol. The SMILES string of the molecule is C=CC(=O)N(Cc1nonc1C)CC1C(C)=CCCC1C. The first-order valence-electron chi connectivity index (χ1n) is 7.39.